The Hall–Kier alpha value is -2.62. The molecule has 3 atom stereocenters. The van der Waals surface area contributed by atoms with Crippen molar-refractivity contribution in [1.82, 2.24) is 10.2 Å². The number of carbonyl (C=O) groups is 3. The van der Waals surface area contributed by atoms with Gasteiger partial charge in [0.15, 0.2) is 9.84 Å². The van der Waals surface area contributed by atoms with Crippen molar-refractivity contribution in [2.75, 3.05) is 12.4 Å². The first-order valence-corrected chi connectivity index (χ1v) is 10.3. The quantitative estimate of drug-likeness (QED) is 0.674. The Labute approximate surface area is 163 Å². The molecule has 3 amide bonds. The SMILES string of the molecule is COc1ccc(NC(=O)C(C)NC(=O)C2N3C(=O)CC3S(=O)(=O)C2(C)C)cc1. The van der Waals surface area contributed by atoms with Crippen LogP contribution in [0.2, 0.25) is 0 Å². The Bertz CT molecular complexity index is 925. The van der Waals surface area contributed by atoms with Crippen LogP contribution in [0, 0.1) is 0 Å². The smallest absolute Gasteiger partial charge is 0.246 e. The minimum atomic E-state index is -3.67. The predicted molar refractivity (Wildman–Crippen MR) is 101 cm³/mol. The molecule has 0 saturated carbocycles. The zero-order valence-corrected chi connectivity index (χ0v) is 16.9. The van der Waals surface area contributed by atoms with Gasteiger partial charge < -0.3 is 20.3 Å². The molecule has 3 rings (SSSR count). The lowest BCUT2D eigenvalue weighted by molar-refractivity contribution is -0.150. The van der Waals surface area contributed by atoms with Crippen molar-refractivity contribution in [3.05, 3.63) is 24.3 Å². The summed E-state index contributed by atoms with van der Waals surface area (Å²) in [6.45, 7) is 4.35. The third kappa shape index (κ3) is 3.01. The summed E-state index contributed by atoms with van der Waals surface area (Å²) in [5.74, 6) is -0.877. The van der Waals surface area contributed by atoms with Crippen LogP contribution in [0.1, 0.15) is 27.2 Å². The van der Waals surface area contributed by atoms with E-state index < -0.39 is 43.9 Å². The van der Waals surface area contributed by atoms with Crippen LogP contribution in [0.5, 0.6) is 5.75 Å². The molecule has 1 aromatic carbocycles. The second-order valence-electron chi connectivity index (χ2n) is 7.46. The van der Waals surface area contributed by atoms with Crippen LogP contribution < -0.4 is 15.4 Å². The van der Waals surface area contributed by atoms with Gasteiger partial charge >= 0.3 is 0 Å². The predicted octanol–water partition coefficient (Wildman–Crippen LogP) is 0.272. The summed E-state index contributed by atoms with van der Waals surface area (Å²) in [4.78, 5) is 38.2. The molecule has 2 fully saturated rings. The molecule has 1 aromatic rings. The number of hydrogen-bond donors (Lipinski definition) is 2. The number of ether oxygens (including phenoxy) is 1. The van der Waals surface area contributed by atoms with Crippen LogP contribution >= 0.6 is 0 Å². The molecule has 28 heavy (non-hydrogen) atoms. The molecule has 2 N–H and O–H groups in total. The van der Waals surface area contributed by atoms with Gasteiger partial charge in [-0.25, -0.2) is 8.42 Å². The van der Waals surface area contributed by atoms with Crippen molar-refractivity contribution in [2.24, 2.45) is 0 Å². The van der Waals surface area contributed by atoms with Gasteiger partial charge in [-0.1, -0.05) is 0 Å². The Morgan fingerprint density at radius 3 is 2.39 bits per heavy atom. The molecule has 152 valence electrons. The molecule has 0 spiro atoms. The normalized spacial score (nSPS) is 25.3. The van der Waals surface area contributed by atoms with Crippen molar-refractivity contribution in [3.63, 3.8) is 0 Å². The lowest BCUT2D eigenvalue weighted by Crippen LogP contribution is -2.61. The maximum atomic E-state index is 12.8. The van der Waals surface area contributed by atoms with Crippen molar-refractivity contribution in [2.45, 2.75) is 49.4 Å². The van der Waals surface area contributed by atoms with E-state index in [1.807, 2.05) is 0 Å². The van der Waals surface area contributed by atoms with Gasteiger partial charge in [0.1, 0.15) is 23.2 Å². The third-order valence-electron chi connectivity index (χ3n) is 5.33. The van der Waals surface area contributed by atoms with E-state index in [0.717, 1.165) is 4.90 Å². The number of rotatable bonds is 5. The van der Waals surface area contributed by atoms with Crippen LogP contribution in [0.15, 0.2) is 24.3 Å². The monoisotopic (exact) mass is 409 g/mol. The molecule has 0 radical (unpaired) electrons. The highest BCUT2D eigenvalue weighted by atomic mass is 32.2. The molecule has 2 saturated heterocycles. The van der Waals surface area contributed by atoms with E-state index in [4.69, 9.17) is 4.74 Å². The van der Waals surface area contributed by atoms with Crippen LogP contribution in [0.25, 0.3) is 0 Å². The van der Waals surface area contributed by atoms with Gasteiger partial charge in [-0.15, -0.1) is 0 Å². The Kier molecular flexibility index (Phi) is 4.86. The summed E-state index contributed by atoms with van der Waals surface area (Å²) in [6, 6.07) is 4.58. The molecule has 2 aliphatic rings. The number of methoxy groups -OCH3 is 1. The van der Waals surface area contributed by atoms with Crippen LogP contribution in [-0.4, -0.2) is 60.4 Å². The first-order chi connectivity index (χ1) is 13.0. The van der Waals surface area contributed by atoms with E-state index >= 15 is 0 Å². The highest BCUT2D eigenvalue weighted by Crippen LogP contribution is 2.45. The van der Waals surface area contributed by atoms with E-state index in [1.54, 1.807) is 24.3 Å². The second kappa shape index (κ2) is 6.77. The van der Waals surface area contributed by atoms with E-state index in [0.29, 0.717) is 11.4 Å². The van der Waals surface area contributed by atoms with Gasteiger partial charge in [-0.05, 0) is 45.0 Å². The number of carbonyl (C=O) groups excluding carboxylic acids is 3. The summed E-state index contributed by atoms with van der Waals surface area (Å²) in [5, 5.41) is 4.23. The lowest BCUT2D eigenvalue weighted by Gasteiger charge is -2.37. The first kappa shape index (κ1) is 20.1. The van der Waals surface area contributed by atoms with Crippen LogP contribution in [0.4, 0.5) is 5.69 Å². The fourth-order valence-corrected chi connectivity index (χ4v) is 5.67. The molecular formula is C18H23N3O6S. The van der Waals surface area contributed by atoms with E-state index in [9.17, 15) is 22.8 Å². The number of nitrogens with one attached hydrogen (secondary N) is 2. The molecule has 2 heterocycles. The van der Waals surface area contributed by atoms with Gasteiger partial charge in [0.2, 0.25) is 17.7 Å². The average Bonchev–Trinajstić information content (AvgIpc) is 2.75. The Morgan fingerprint density at radius 2 is 1.86 bits per heavy atom. The number of amides is 3. The van der Waals surface area contributed by atoms with E-state index in [-0.39, 0.29) is 12.3 Å². The Balaban J connectivity index is 1.69. The molecule has 0 bridgehead atoms. The number of sulfone groups is 1. The fraction of sp³-hybridized carbons (Fsp3) is 0.500. The molecule has 3 unspecified atom stereocenters. The molecule has 0 aromatic heterocycles. The van der Waals surface area contributed by atoms with Gasteiger partial charge in [-0.2, -0.15) is 0 Å². The maximum Gasteiger partial charge on any atom is 0.246 e. The Morgan fingerprint density at radius 1 is 1.25 bits per heavy atom. The molecule has 10 heteroatoms. The van der Waals surface area contributed by atoms with Crippen LogP contribution in [0.3, 0.4) is 0 Å². The minimum Gasteiger partial charge on any atom is -0.497 e. The minimum absolute atomic E-state index is 0.108. The molecule has 0 aliphatic carbocycles. The number of benzene rings is 1. The zero-order chi connectivity index (χ0) is 20.9. The van der Waals surface area contributed by atoms with Crippen molar-refractivity contribution in [3.8, 4) is 5.75 Å². The second-order valence-corrected chi connectivity index (χ2v) is 10.1. The van der Waals surface area contributed by atoms with Gasteiger partial charge in [0, 0.05) is 5.69 Å². The molecule has 2 aliphatic heterocycles. The zero-order valence-electron chi connectivity index (χ0n) is 16.1. The summed E-state index contributed by atoms with van der Waals surface area (Å²) in [5.41, 5.74) is 0.522. The molecule has 9 nitrogen and oxygen atoms in total. The largest absolute Gasteiger partial charge is 0.497 e. The topological polar surface area (TPSA) is 122 Å². The highest BCUT2D eigenvalue weighted by Gasteiger charge is 2.67. The highest BCUT2D eigenvalue weighted by molar-refractivity contribution is 7.93. The fourth-order valence-electron chi connectivity index (χ4n) is 3.54. The number of hydrogen-bond acceptors (Lipinski definition) is 6. The lowest BCUT2D eigenvalue weighted by atomic mass is 9.97. The first-order valence-electron chi connectivity index (χ1n) is 8.80. The van der Waals surface area contributed by atoms with E-state index in [1.165, 1.54) is 27.9 Å². The van der Waals surface area contributed by atoms with Gasteiger partial charge in [0.05, 0.1) is 18.3 Å². The maximum absolute atomic E-state index is 12.8. The van der Waals surface area contributed by atoms with Gasteiger partial charge in [-0.3, -0.25) is 14.4 Å². The standard InChI is InChI=1S/C18H23N3O6S/c1-10(16(23)20-11-5-7-12(27-4)8-6-11)19-17(24)15-18(2,3)28(25,26)14-9-13(22)21(14)15/h5-8,10,14-15H,9H2,1-4H3,(H,19,24)(H,20,23). The van der Waals surface area contributed by atoms with Crippen LogP contribution in [-0.2, 0) is 24.2 Å². The average molecular weight is 409 g/mol. The summed E-state index contributed by atoms with van der Waals surface area (Å²) in [6.07, 6.45) is -0.108. The van der Waals surface area contributed by atoms with Gasteiger partial charge in [0.25, 0.3) is 0 Å². The van der Waals surface area contributed by atoms with Crippen molar-refractivity contribution in [1.29, 1.82) is 0 Å². The third-order valence-corrected chi connectivity index (χ3v) is 8.13. The van der Waals surface area contributed by atoms with E-state index in [2.05, 4.69) is 10.6 Å². The summed E-state index contributed by atoms with van der Waals surface area (Å²) >= 11 is 0. The summed E-state index contributed by atoms with van der Waals surface area (Å²) < 4.78 is 28.8. The van der Waals surface area contributed by atoms with Crippen molar-refractivity contribution >= 4 is 33.2 Å². The number of anilines is 1. The number of fused-ring (bicyclic) bond motifs is 1. The van der Waals surface area contributed by atoms with Crippen molar-refractivity contribution < 1.29 is 27.5 Å². The number of β-lactam (4-membered cyclic amide) rings is 1. The number of nitrogens with zero attached hydrogens (tertiary/aromatic N) is 1. The molecular weight excluding hydrogens is 386 g/mol. The summed E-state index contributed by atoms with van der Waals surface area (Å²) in [7, 11) is -2.14.